The van der Waals surface area contributed by atoms with Crippen molar-refractivity contribution >= 4 is 11.6 Å². The van der Waals surface area contributed by atoms with Crippen molar-refractivity contribution in [3.63, 3.8) is 0 Å². The van der Waals surface area contributed by atoms with Crippen LogP contribution >= 0.6 is 0 Å². The van der Waals surface area contributed by atoms with Crippen molar-refractivity contribution in [2.75, 3.05) is 44.4 Å². The number of anilines is 2. The van der Waals surface area contributed by atoms with Gasteiger partial charge in [0.2, 0.25) is 0 Å². The van der Waals surface area contributed by atoms with Gasteiger partial charge in [0.15, 0.2) is 0 Å². The third-order valence-electron chi connectivity index (χ3n) is 3.15. The number of nitrogens with one attached hydrogen (secondary N) is 2. The first-order valence-corrected chi connectivity index (χ1v) is 6.13. The van der Waals surface area contributed by atoms with Gasteiger partial charge in [-0.1, -0.05) is 0 Å². The highest BCUT2D eigenvalue weighted by Crippen LogP contribution is 2.16. The molecule has 0 aromatic carbocycles. The van der Waals surface area contributed by atoms with Gasteiger partial charge in [-0.05, 0) is 32.9 Å². The number of nitrogens with zero attached hydrogens (tertiary/aromatic N) is 3. The average Bonchev–Trinajstić information content (AvgIpc) is 2.72. The molecule has 0 saturated carbocycles. The Bertz CT molecular complexity index is 379. The molecule has 1 fully saturated rings. The minimum Gasteiger partial charge on any atom is -0.373 e. The lowest BCUT2D eigenvalue weighted by Gasteiger charge is -2.13. The number of likely N-dealkylation sites (tertiary alicyclic amines) is 1. The summed E-state index contributed by atoms with van der Waals surface area (Å²) in [4.78, 5) is 11.0. The maximum atomic E-state index is 4.39. The first-order chi connectivity index (χ1) is 8.17. The second kappa shape index (κ2) is 5.31. The van der Waals surface area contributed by atoms with Crippen LogP contribution in [-0.4, -0.2) is 48.6 Å². The molecule has 5 heteroatoms. The molecule has 0 aliphatic carbocycles. The van der Waals surface area contributed by atoms with Gasteiger partial charge in [0.25, 0.3) is 0 Å². The van der Waals surface area contributed by atoms with E-state index in [-0.39, 0.29) is 0 Å². The van der Waals surface area contributed by atoms with Gasteiger partial charge in [-0.2, -0.15) is 0 Å². The molecule has 2 heterocycles. The van der Waals surface area contributed by atoms with E-state index in [0.717, 1.165) is 29.9 Å². The van der Waals surface area contributed by atoms with E-state index < -0.39 is 0 Å². The van der Waals surface area contributed by atoms with E-state index in [1.165, 1.54) is 19.5 Å². The maximum absolute atomic E-state index is 4.39. The summed E-state index contributed by atoms with van der Waals surface area (Å²) in [6, 6.07) is 1.95. The fourth-order valence-corrected chi connectivity index (χ4v) is 2.23. The van der Waals surface area contributed by atoms with Crippen molar-refractivity contribution < 1.29 is 0 Å². The molecule has 1 aromatic rings. The molecule has 0 bridgehead atoms. The molecule has 0 radical (unpaired) electrons. The number of hydrogen-bond acceptors (Lipinski definition) is 5. The Morgan fingerprint density at radius 2 is 2.18 bits per heavy atom. The maximum Gasteiger partial charge on any atom is 0.131 e. The Kier molecular flexibility index (Phi) is 3.78. The van der Waals surface area contributed by atoms with E-state index in [1.54, 1.807) is 0 Å². The second-order valence-corrected chi connectivity index (χ2v) is 4.73. The Labute approximate surface area is 103 Å². The van der Waals surface area contributed by atoms with Crippen LogP contribution in [0.1, 0.15) is 12.2 Å². The SMILES string of the molecule is CNc1cc(NCC2CCN(C)C2)nc(C)n1. The Morgan fingerprint density at radius 3 is 2.82 bits per heavy atom. The number of hydrogen-bond donors (Lipinski definition) is 2. The third-order valence-corrected chi connectivity index (χ3v) is 3.15. The molecule has 1 aliphatic rings. The van der Waals surface area contributed by atoms with Crippen molar-refractivity contribution in [3.8, 4) is 0 Å². The summed E-state index contributed by atoms with van der Waals surface area (Å²) >= 11 is 0. The van der Waals surface area contributed by atoms with E-state index in [4.69, 9.17) is 0 Å². The molecular weight excluding hydrogens is 214 g/mol. The Hall–Kier alpha value is -1.36. The van der Waals surface area contributed by atoms with Gasteiger partial charge >= 0.3 is 0 Å². The zero-order valence-electron chi connectivity index (χ0n) is 10.8. The topological polar surface area (TPSA) is 53.1 Å². The summed E-state index contributed by atoms with van der Waals surface area (Å²) in [6.07, 6.45) is 1.27. The fourth-order valence-electron chi connectivity index (χ4n) is 2.23. The highest BCUT2D eigenvalue weighted by Gasteiger charge is 2.19. The molecule has 1 saturated heterocycles. The van der Waals surface area contributed by atoms with Crippen molar-refractivity contribution in [2.24, 2.45) is 5.92 Å². The molecule has 2 rings (SSSR count). The molecule has 1 aromatic heterocycles. The van der Waals surface area contributed by atoms with E-state index >= 15 is 0 Å². The van der Waals surface area contributed by atoms with Gasteiger partial charge in [-0.3, -0.25) is 0 Å². The van der Waals surface area contributed by atoms with Crippen molar-refractivity contribution in [3.05, 3.63) is 11.9 Å². The monoisotopic (exact) mass is 235 g/mol. The van der Waals surface area contributed by atoms with Crippen LogP contribution < -0.4 is 10.6 Å². The van der Waals surface area contributed by atoms with Crippen LogP contribution in [0.4, 0.5) is 11.6 Å². The predicted molar refractivity (Wildman–Crippen MR) is 70.4 cm³/mol. The molecule has 17 heavy (non-hydrogen) atoms. The third kappa shape index (κ3) is 3.30. The zero-order chi connectivity index (χ0) is 12.3. The van der Waals surface area contributed by atoms with Crippen LogP contribution in [0.25, 0.3) is 0 Å². The Balaban J connectivity index is 1.92. The molecule has 0 spiro atoms. The lowest BCUT2D eigenvalue weighted by Crippen LogP contribution is -2.19. The normalized spacial score (nSPS) is 20.5. The van der Waals surface area contributed by atoms with Crippen molar-refractivity contribution in [1.29, 1.82) is 0 Å². The van der Waals surface area contributed by atoms with Crippen molar-refractivity contribution in [1.82, 2.24) is 14.9 Å². The summed E-state index contributed by atoms with van der Waals surface area (Å²) < 4.78 is 0. The average molecular weight is 235 g/mol. The highest BCUT2D eigenvalue weighted by atomic mass is 15.1. The first kappa shape index (κ1) is 12.1. The van der Waals surface area contributed by atoms with Gasteiger partial charge in [0.05, 0.1) is 0 Å². The van der Waals surface area contributed by atoms with E-state index in [9.17, 15) is 0 Å². The van der Waals surface area contributed by atoms with Gasteiger partial charge in [-0.25, -0.2) is 9.97 Å². The Morgan fingerprint density at radius 1 is 1.41 bits per heavy atom. The molecule has 94 valence electrons. The molecular formula is C12H21N5. The summed E-state index contributed by atoms with van der Waals surface area (Å²) in [6.45, 7) is 5.28. The van der Waals surface area contributed by atoms with Gasteiger partial charge in [0, 0.05) is 26.2 Å². The molecule has 5 nitrogen and oxygen atoms in total. The van der Waals surface area contributed by atoms with Crippen LogP contribution in [0.5, 0.6) is 0 Å². The van der Waals surface area contributed by atoms with E-state index in [2.05, 4.69) is 32.5 Å². The smallest absolute Gasteiger partial charge is 0.131 e. The summed E-state index contributed by atoms with van der Waals surface area (Å²) in [7, 11) is 4.05. The minimum absolute atomic E-state index is 0.730. The number of aryl methyl sites for hydroxylation is 1. The zero-order valence-corrected chi connectivity index (χ0v) is 10.8. The van der Waals surface area contributed by atoms with Crippen LogP contribution in [0.2, 0.25) is 0 Å². The lowest BCUT2D eigenvalue weighted by molar-refractivity contribution is 0.399. The quantitative estimate of drug-likeness (QED) is 0.821. The molecule has 1 unspecified atom stereocenters. The highest BCUT2D eigenvalue weighted by molar-refractivity contribution is 5.47. The predicted octanol–water partition coefficient (Wildman–Crippen LogP) is 1.19. The van der Waals surface area contributed by atoms with Crippen molar-refractivity contribution in [2.45, 2.75) is 13.3 Å². The standard InChI is InChI=1S/C12H21N5/c1-9-15-11(13-2)6-12(16-9)14-7-10-4-5-17(3)8-10/h6,10H,4-5,7-8H2,1-3H3,(H2,13,14,15,16). The van der Waals surface area contributed by atoms with Crippen LogP contribution in [-0.2, 0) is 0 Å². The molecule has 1 atom stereocenters. The molecule has 2 N–H and O–H groups in total. The van der Waals surface area contributed by atoms with E-state index in [1.807, 2.05) is 20.0 Å². The lowest BCUT2D eigenvalue weighted by atomic mass is 10.1. The minimum atomic E-state index is 0.730. The van der Waals surface area contributed by atoms with Crippen LogP contribution in [0.15, 0.2) is 6.07 Å². The van der Waals surface area contributed by atoms with E-state index in [0.29, 0.717) is 0 Å². The second-order valence-electron chi connectivity index (χ2n) is 4.73. The number of rotatable bonds is 4. The summed E-state index contributed by atoms with van der Waals surface area (Å²) in [5.74, 6) is 3.30. The van der Waals surface area contributed by atoms with Gasteiger partial charge < -0.3 is 15.5 Å². The largest absolute Gasteiger partial charge is 0.373 e. The van der Waals surface area contributed by atoms with Gasteiger partial charge in [0.1, 0.15) is 17.5 Å². The van der Waals surface area contributed by atoms with Gasteiger partial charge in [-0.15, -0.1) is 0 Å². The van der Waals surface area contributed by atoms with Crippen LogP contribution in [0.3, 0.4) is 0 Å². The first-order valence-electron chi connectivity index (χ1n) is 6.13. The molecule has 1 aliphatic heterocycles. The summed E-state index contributed by atoms with van der Waals surface area (Å²) in [5.41, 5.74) is 0. The molecule has 0 amide bonds. The fraction of sp³-hybridized carbons (Fsp3) is 0.667. The van der Waals surface area contributed by atoms with Crippen LogP contribution in [0, 0.1) is 12.8 Å². The summed E-state index contributed by atoms with van der Waals surface area (Å²) in [5, 5.41) is 6.45. The number of aromatic nitrogens is 2.